The topological polar surface area (TPSA) is 29.5 Å². The molecule has 1 N–H and O–H groups in total. The molecule has 0 aliphatic heterocycles. The third-order valence-electron chi connectivity index (χ3n) is 3.14. The van der Waals surface area contributed by atoms with Gasteiger partial charge in [0.2, 0.25) is 0 Å². The highest BCUT2D eigenvalue weighted by Crippen LogP contribution is 2.33. The second kappa shape index (κ2) is 5.89. The molecule has 0 radical (unpaired) electrons. The monoisotopic (exact) mass is 256 g/mol. The van der Waals surface area contributed by atoms with Crippen molar-refractivity contribution in [3.63, 3.8) is 0 Å². The highest BCUT2D eigenvalue weighted by molar-refractivity contribution is 5.89. The van der Waals surface area contributed by atoms with Crippen molar-refractivity contribution in [2.24, 2.45) is 0 Å². The van der Waals surface area contributed by atoms with Crippen LogP contribution in [-0.2, 0) is 0 Å². The normalized spacial score (nSPS) is 12.4. The molecular formula is C17H20O2. The van der Waals surface area contributed by atoms with E-state index >= 15 is 0 Å². The SMILES string of the molecule is C=C(C)CCOc1c(C(C)O)ccc2ccccc12. The van der Waals surface area contributed by atoms with Crippen molar-refractivity contribution in [2.45, 2.75) is 26.4 Å². The molecule has 2 aromatic rings. The summed E-state index contributed by atoms with van der Waals surface area (Å²) in [6.07, 6.45) is 0.284. The minimum Gasteiger partial charge on any atom is -0.492 e. The first-order chi connectivity index (χ1) is 9.09. The van der Waals surface area contributed by atoms with Gasteiger partial charge in [0, 0.05) is 17.4 Å². The molecule has 0 amide bonds. The van der Waals surface area contributed by atoms with Gasteiger partial charge in [-0.2, -0.15) is 0 Å². The van der Waals surface area contributed by atoms with Gasteiger partial charge < -0.3 is 9.84 Å². The van der Waals surface area contributed by atoms with Crippen LogP contribution in [-0.4, -0.2) is 11.7 Å². The maximum Gasteiger partial charge on any atom is 0.132 e. The quantitative estimate of drug-likeness (QED) is 0.811. The molecule has 2 rings (SSSR count). The predicted octanol–water partition coefficient (Wildman–Crippen LogP) is 4.24. The molecule has 2 aromatic carbocycles. The van der Waals surface area contributed by atoms with Gasteiger partial charge >= 0.3 is 0 Å². The third kappa shape index (κ3) is 3.15. The highest BCUT2D eigenvalue weighted by atomic mass is 16.5. The Morgan fingerprint density at radius 3 is 2.68 bits per heavy atom. The minimum absolute atomic E-state index is 0.538. The molecule has 0 fully saturated rings. The molecular weight excluding hydrogens is 236 g/mol. The van der Waals surface area contributed by atoms with Crippen molar-refractivity contribution in [1.29, 1.82) is 0 Å². The van der Waals surface area contributed by atoms with Crippen molar-refractivity contribution in [1.82, 2.24) is 0 Å². The second-order valence-electron chi connectivity index (χ2n) is 4.94. The Labute approximate surface area is 114 Å². The zero-order chi connectivity index (χ0) is 13.8. The number of benzene rings is 2. The van der Waals surface area contributed by atoms with Crippen LogP contribution in [0.4, 0.5) is 0 Å². The van der Waals surface area contributed by atoms with Crippen molar-refractivity contribution in [3.8, 4) is 5.75 Å². The third-order valence-corrected chi connectivity index (χ3v) is 3.14. The van der Waals surface area contributed by atoms with Gasteiger partial charge in [-0.3, -0.25) is 0 Å². The number of hydrogen-bond donors (Lipinski definition) is 1. The molecule has 0 aromatic heterocycles. The lowest BCUT2D eigenvalue weighted by Gasteiger charge is -2.16. The molecule has 100 valence electrons. The predicted molar refractivity (Wildman–Crippen MR) is 79.5 cm³/mol. The lowest BCUT2D eigenvalue weighted by atomic mass is 10.0. The van der Waals surface area contributed by atoms with Crippen LogP contribution in [0.25, 0.3) is 10.8 Å². The van der Waals surface area contributed by atoms with Gasteiger partial charge in [-0.05, 0) is 19.2 Å². The molecule has 2 heteroatoms. The zero-order valence-electron chi connectivity index (χ0n) is 11.5. The van der Waals surface area contributed by atoms with Crippen molar-refractivity contribution in [2.75, 3.05) is 6.61 Å². The molecule has 0 bridgehead atoms. The summed E-state index contributed by atoms with van der Waals surface area (Å²) >= 11 is 0. The van der Waals surface area contributed by atoms with Crippen LogP contribution in [0.1, 0.15) is 31.9 Å². The van der Waals surface area contributed by atoms with E-state index in [-0.39, 0.29) is 0 Å². The van der Waals surface area contributed by atoms with Crippen LogP contribution in [0.2, 0.25) is 0 Å². The average Bonchev–Trinajstić information content (AvgIpc) is 2.38. The minimum atomic E-state index is -0.538. The second-order valence-corrected chi connectivity index (χ2v) is 4.94. The van der Waals surface area contributed by atoms with E-state index in [0.717, 1.165) is 34.1 Å². The van der Waals surface area contributed by atoms with Gasteiger partial charge in [-0.25, -0.2) is 0 Å². The number of aliphatic hydroxyl groups excluding tert-OH is 1. The number of hydrogen-bond acceptors (Lipinski definition) is 2. The number of ether oxygens (including phenoxy) is 1. The van der Waals surface area contributed by atoms with Crippen LogP contribution in [0.15, 0.2) is 48.6 Å². The van der Waals surface area contributed by atoms with Gasteiger partial charge in [-0.15, -0.1) is 6.58 Å². The number of aliphatic hydroxyl groups is 1. The molecule has 19 heavy (non-hydrogen) atoms. The van der Waals surface area contributed by atoms with Crippen molar-refractivity contribution in [3.05, 3.63) is 54.1 Å². The Morgan fingerprint density at radius 1 is 1.26 bits per heavy atom. The van der Waals surface area contributed by atoms with Crippen LogP contribution < -0.4 is 4.74 Å². The largest absolute Gasteiger partial charge is 0.492 e. The first-order valence-electron chi connectivity index (χ1n) is 6.56. The van der Waals surface area contributed by atoms with E-state index in [0.29, 0.717) is 6.61 Å². The molecule has 0 aliphatic rings. The fourth-order valence-corrected chi connectivity index (χ4v) is 2.08. The standard InChI is InChI=1S/C17H20O2/c1-12(2)10-11-19-17-15(13(3)18)9-8-14-6-4-5-7-16(14)17/h4-9,13,18H,1,10-11H2,2-3H3. The van der Waals surface area contributed by atoms with E-state index in [1.165, 1.54) is 0 Å². The number of fused-ring (bicyclic) bond motifs is 1. The van der Waals surface area contributed by atoms with Gasteiger partial charge in [0.15, 0.2) is 0 Å². The molecule has 0 saturated carbocycles. The Kier molecular flexibility index (Phi) is 4.23. The van der Waals surface area contributed by atoms with Gasteiger partial charge in [0.05, 0.1) is 12.7 Å². The van der Waals surface area contributed by atoms with Gasteiger partial charge in [-0.1, -0.05) is 42.0 Å². The van der Waals surface area contributed by atoms with Crippen LogP contribution in [0.5, 0.6) is 5.75 Å². The summed E-state index contributed by atoms with van der Waals surface area (Å²) in [5.41, 5.74) is 1.93. The fraction of sp³-hybridized carbons (Fsp3) is 0.294. The summed E-state index contributed by atoms with van der Waals surface area (Å²) in [5, 5.41) is 12.0. The first-order valence-corrected chi connectivity index (χ1v) is 6.56. The molecule has 1 unspecified atom stereocenters. The molecule has 1 atom stereocenters. The van der Waals surface area contributed by atoms with E-state index in [4.69, 9.17) is 4.74 Å². The van der Waals surface area contributed by atoms with Crippen molar-refractivity contribution < 1.29 is 9.84 Å². The lowest BCUT2D eigenvalue weighted by Crippen LogP contribution is -2.03. The van der Waals surface area contributed by atoms with E-state index in [2.05, 4.69) is 6.58 Å². The molecule has 0 spiro atoms. The maximum absolute atomic E-state index is 9.87. The fourth-order valence-electron chi connectivity index (χ4n) is 2.08. The Bertz CT molecular complexity index is 585. The van der Waals surface area contributed by atoms with E-state index in [9.17, 15) is 5.11 Å². The van der Waals surface area contributed by atoms with Crippen LogP contribution >= 0.6 is 0 Å². The van der Waals surface area contributed by atoms with Crippen molar-refractivity contribution >= 4 is 10.8 Å². The average molecular weight is 256 g/mol. The molecule has 0 saturated heterocycles. The lowest BCUT2D eigenvalue weighted by molar-refractivity contribution is 0.192. The summed E-state index contributed by atoms with van der Waals surface area (Å²) < 4.78 is 5.90. The molecule has 0 heterocycles. The van der Waals surface area contributed by atoms with Crippen LogP contribution in [0, 0.1) is 0 Å². The Morgan fingerprint density at radius 2 is 2.00 bits per heavy atom. The maximum atomic E-state index is 9.87. The Hall–Kier alpha value is -1.80. The smallest absolute Gasteiger partial charge is 0.132 e. The van der Waals surface area contributed by atoms with E-state index in [1.54, 1.807) is 6.92 Å². The molecule has 0 aliphatic carbocycles. The van der Waals surface area contributed by atoms with Gasteiger partial charge in [0.1, 0.15) is 5.75 Å². The number of rotatable bonds is 5. The summed E-state index contributed by atoms with van der Waals surface area (Å²) in [4.78, 5) is 0. The molecule has 2 nitrogen and oxygen atoms in total. The summed E-state index contributed by atoms with van der Waals surface area (Å²) in [6, 6.07) is 12.0. The van der Waals surface area contributed by atoms with Crippen LogP contribution in [0.3, 0.4) is 0 Å². The highest BCUT2D eigenvalue weighted by Gasteiger charge is 2.12. The summed E-state index contributed by atoms with van der Waals surface area (Å²) in [6.45, 7) is 8.21. The first kappa shape index (κ1) is 13.6. The summed E-state index contributed by atoms with van der Waals surface area (Å²) in [7, 11) is 0. The van der Waals surface area contributed by atoms with E-state index in [1.807, 2.05) is 43.3 Å². The zero-order valence-corrected chi connectivity index (χ0v) is 11.5. The van der Waals surface area contributed by atoms with E-state index < -0.39 is 6.10 Å². The van der Waals surface area contributed by atoms with Gasteiger partial charge in [0.25, 0.3) is 0 Å². The summed E-state index contributed by atoms with van der Waals surface area (Å²) in [5.74, 6) is 0.786. The Balaban J connectivity index is 2.40.